The third-order valence-corrected chi connectivity index (χ3v) is 8.30. The van der Waals surface area contributed by atoms with Gasteiger partial charge in [-0.15, -0.1) is 0 Å². The average molecular weight is 428 g/mol. The molecule has 2 radical (unpaired) electrons. The second-order valence-corrected chi connectivity index (χ2v) is 9.96. The van der Waals surface area contributed by atoms with Crippen LogP contribution in [0.4, 0.5) is 0 Å². The van der Waals surface area contributed by atoms with E-state index < -0.39 is 26.6 Å². The molecule has 0 aliphatic carbocycles. The molecule has 0 bridgehead atoms. The van der Waals surface area contributed by atoms with E-state index in [1.54, 1.807) is 12.1 Å². The highest BCUT2D eigenvalue weighted by Crippen LogP contribution is 2.28. The Morgan fingerprint density at radius 1 is 0.897 bits per heavy atom. The monoisotopic (exact) mass is 428 g/mol. The highest BCUT2D eigenvalue weighted by Gasteiger charge is 2.37. The van der Waals surface area contributed by atoms with Gasteiger partial charge in [-0.1, -0.05) is 51.6 Å². The molecule has 0 saturated carbocycles. The summed E-state index contributed by atoms with van der Waals surface area (Å²) >= 11 is 0. The number of pyridine rings is 1. The Labute approximate surface area is 171 Å². The van der Waals surface area contributed by atoms with Gasteiger partial charge in [0.2, 0.25) is 5.88 Å². The first-order valence-corrected chi connectivity index (χ1v) is 11.3. The summed E-state index contributed by atoms with van der Waals surface area (Å²) in [6.07, 6.45) is 1.34. The number of methoxy groups -OCH3 is 1. The van der Waals surface area contributed by atoms with Crippen LogP contribution in [0.15, 0.2) is 82.7 Å². The number of ether oxygens (including phenoxy) is 1. The maximum Gasteiger partial charge on any atom is 0.256 e. The van der Waals surface area contributed by atoms with Crippen LogP contribution in [0.3, 0.4) is 0 Å². The minimum absolute atomic E-state index is 0.0794. The molecule has 7 nitrogen and oxygen atoms in total. The first-order chi connectivity index (χ1) is 13.8. The smallest absolute Gasteiger partial charge is 0.256 e. The Morgan fingerprint density at radius 3 is 1.83 bits per heavy atom. The summed E-state index contributed by atoms with van der Waals surface area (Å²) in [6.45, 7) is -0.532. The van der Waals surface area contributed by atoms with Crippen LogP contribution in [0.1, 0.15) is 5.56 Å². The van der Waals surface area contributed by atoms with Crippen molar-refractivity contribution in [2.45, 2.75) is 16.3 Å². The Kier molecular flexibility index (Phi) is 6.06. The van der Waals surface area contributed by atoms with Gasteiger partial charge in [0.15, 0.2) is 0 Å². The molecule has 0 aliphatic rings. The molecule has 3 rings (SSSR count). The molecule has 2 aromatic carbocycles. The average Bonchev–Trinajstić information content (AvgIpc) is 2.73. The first kappa shape index (κ1) is 21.0. The molecule has 1 aromatic heterocycles. The van der Waals surface area contributed by atoms with Crippen LogP contribution in [0.25, 0.3) is 0 Å². The van der Waals surface area contributed by atoms with Crippen LogP contribution in [-0.2, 0) is 26.6 Å². The summed E-state index contributed by atoms with van der Waals surface area (Å²) in [7, 11) is -1.73. The lowest BCUT2D eigenvalue weighted by molar-refractivity contribution is 0.388. The van der Waals surface area contributed by atoms with Crippen LogP contribution in [0, 0.1) is 0 Å². The molecule has 0 N–H and O–H groups in total. The summed E-state index contributed by atoms with van der Waals surface area (Å²) in [5, 5.41) is 0. The highest BCUT2D eigenvalue weighted by molar-refractivity contribution is 8.04. The Balaban J connectivity index is 2.19. The third kappa shape index (κ3) is 4.34. The van der Waals surface area contributed by atoms with Crippen molar-refractivity contribution in [2.75, 3.05) is 7.11 Å². The SMILES string of the molecule is [B]c1cnc(OC)c(CN(S(=O)(=O)c2ccccc2)S(=O)(=O)c2ccccc2)c1. The number of rotatable bonds is 7. The number of hydrogen-bond acceptors (Lipinski definition) is 6. The minimum atomic E-state index is -4.42. The quantitative estimate of drug-likeness (QED) is 0.529. The molecule has 0 amide bonds. The summed E-state index contributed by atoms with van der Waals surface area (Å²) in [4.78, 5) is 3.68. The molecule has 0 atom stereocenters. The van der Waals surface area contributed by atoms with Gasteiger partial charge in [-0.05, 0) is 24.3 Å². The molecule has 0 aliphatic heterocycles. The molecule has 0 spiro atoms. The normalized spacial score (nSPS) is 12.1. The fourth-order valence-electron chi connectivity index (χ4n) is 2.67. The number of nitrogens with zero attached hydrogens (tertiary/aromatic N) is 2. The molecule has 1 heterocycles. The number of aromatic nitrogens is 1. The van der Waals surface area contributed by atoms with E-state index >= 15 is 0 Å². The van der Waals surface area contributed by atoms with E-state index in [4.69, 9.17) is 12.6 Å². The van der Waals surface area contributed by atoms with Crippen molar-refractivity contribution in [3.63, 3.8) is 0 Å². The lowest BCUT2D eigenvalue weighted by Crippen LogP contribution is -2.36. The highest BCUT2D eigenvalue weighted by atomic mass is 32.3. The number of benzene rings is 2. The molecule has 10 heteroatoms. The minimum Gasteiger partial charge on any atom is -0.481 e. The zero-order valence-electron chi connectivity index (χ0n) is 15.5. The van der Waals surface area contributed by atoms with Gasteiger partial charge >= 0.3 is 0 Å². The predicted molar refractivity (Wildman–Crippen MR) is 109 cm³/mol. The van der Waals surface area contributed by atoms with Crippen molar-refractivity contribution in [1.29, 1.82) is 0 Å². The molecule has 29 heavy (non-hydrogen) atoms. The zero-order valence-corrected chi connectivity index (χ0v) is 17.1. The lowest BCUT2D eigenvalue weighted by Gasteiger charge is -2.23. The van der Waals surface area contributed by atoms with E-state index in [1.165, 1.54) is 67.9 Å². The van der Waals surface area contributed by atoms with Crippen molar-refractivity contribution >= 4 is 33.4 Å². The van der Waals surface area contributed by atoms with Crippen molar-refractivity contribution in [3.05, 3.63) is 78.5 Å². The van der Waals surface area contributed by atoms with Gasteiger partial charge in [0.1, 0.15) is 7.85 Å². The van der Waals surface area contributed by atoms with Crippen LogP contribution in [0.5, 0.6) is 5.88 Å². The van der Waals surface area contributed by atoms with Gasteiger partial charge in [0.25, 0.3) is 20.0 Å². The second kappa shape index (κ2) is 8.36. The van der Waals surface area contributed by atoms with Crippen molar-refractivity contribution in [1.82, 2.24) is 8.69 Å². The first-order valence-electron chi connectivity index (χ1n) is 8.43. The zero-order chi connectivity index (χ0) is 21.1. The summed E-state index contributed by atoms with van der Waals surface area (Å²) in [5.74, 6) is 0.0794. The van der Waals surface area contributed by atoms with Crippen LogP contribution in [0.2, 0.25) is 0 Å². The third-order valence-electron chi connectivity index (χ3n) is 4.06. The summed E-state index contributed by atoms with van der Waals surface area (Å²) in [6, 6.07) is 16.1. The van der Waals surface area contributed by atoms with Gasteiger partial charge in [-0.25, -0.2) is 21.8 Å². The van der Waals surface area contributed by atoms with Crippen LogP contribution >= 0.6 is 0 Å². The standard InChI is InChI=1S/C19H17BN2O5S2/c1-27-19-15(12-16(20)13-21-19)14-22(28(23,24)17-8-4-2-5-9-17)29(25,26)18-10-6-3-7-11-18/h2-13H,14H2,1H3. The lowest BCUT2D eigenvalue weighted by atomic mass is 9.97. The molecular formula is C19H17BN2O5S2. The van der Waals surface area contributed by atoms with Gasteiger partial charge in [-0.2, -0.15) is 0 Å². The van der Waals surface area contributed by atoms with E-state index in [-0.39, 0.29) is 26.7 Å². The Morgan fingerprint density at radius 2 is 1.38 bits per heavy atom. The molecule has 0 saturated heterocycles. The van der Waals surface area contributed by atoms with Crippen LogP contribution in [-0.4, -0.2) is 40.5 Å². The van der Waals surface area contributed by atoms with Gasteiger partial charge < -0.3 is 4.74 Å². The van der Waals surface area contributed by atoms with Gasteiger partial charge in [-0.3, -0.25) is 0 Å². The van der Waals surface area contributed by atoms with Gasteiger partial charge in [0.05, 0.1) is 23.4 Å². The number of sulfonamides is 2. The summed E-state index contributed by atoms with van der Waals surface area (Å²) in [5.41, 5.74) is 0.460. The van der Waals surface area contributed by atoms with Crippen LogP contribution < -0.4 is 10.2 Å². The fraction of sp³-hybridized carbons (Fsp3) is 0.105. The summed E-state index contributed by atoms with van der Waals surface area (Å²) < 4.78 is 58.8. The Bertz CT molecular complexity index is 1130. The van der Waals surface area contributed by atoms with E-state index in [9.17, 15) is 16.8 Å². The fourth-order valence-corrected chi connectivity index (χ4v) is 6.31. The van der Waals surface area contributed by atoms with E-state index in [0.29, 0.717) is 3.71 Å². The maximum atomic E-state index is 13.3. The predicted octanol–water partition coefficient (Wildman–Crippen LogP) is 1.46. The topological polar surface area (TPSA) is 93.6 Å². The second-order valence-electron chi connectivity index (χ2n) is 6.00. The molecule has 0 fully saturated rings. The molecule has 3 aromatic rings. The Hall–Kier alpha value is -2.69. The van der Waals surface area contributed by atoms with Crippen molar-refractivity contribution < 1.29 is 21.6 Å². The van der Waals surface area contributed by atoms with E-state index in [1.807, 2.05) is 0 Å². The molecule has 148 valence electrons. The van der Waals surface area contributed by atoms with Crippen molar-refractivity contribution in [3.8, 4) is 5.88 Å². The van der Waals surface area contributed by atoms with E-state index in [2.05, 4.69) is 4.98 Å². The number of hydrogen-bond donors (Lipinski definition) is 0. The van der Waals surface area contributed by atoms with Crippen molar-refractivity contribution in [2.24, 2.45) is 0 Å². The largest absolute Gasteiger partial charge is 0.481 e. The van der Waals surface area contributed by atoms with Gasteiger partial charge in [0, 0.05) is 11.8 Å². The van der Waals surface area contributed by atoms with E-state index in [0.717, 1.165) is 0 Å². The molecular weight excluding hydrogens is 411 g/mol. The maximum absolute atomic E-state index is 13.3. The molecule has 0 unspecified atom stereocenters.